The molecule has 4 aliphatic carbocycles. The lowest BCUT2D eigenvalue weighted by atomic mass is 9.96. The Morgan fingerprint density at radius 3 is 0.937 bits per heavy atom. The van der Waals surface area contributed by atoms with Crippen molar-refractivity contribution in [1.82, 2.24) is 0 Å². The summed E-state index contributed by atoms with van der Waals surface area (Å²) in [4.78, 5) is 13.3. The van der Waals surface area contributed by atoms with Crippen LogP contribution in [0.2, 0.25) is 0 Å². The Labute approximate surface area is 740 Å². The number of nitrogens with zero attached hydrogens (tertiary/aromatic N) is 4. The zero-order valence-electron chi connectivity index (χ0n) is 70.7. The highest BCUT2D eigenvalue weighted by atomic mass is 79.9. The quantitative estimate of drug-likeness (QED) is 0.0888. The average molecular weight is 1780 g/mol. The summed E-state index contributed by atoms with van der Waals surface area (Å²) < 4.78 is 148. The van der Waals surface area contributed by atoms with E-state index in [-0.39, 0.29) is 41.9 Å². The number of rotatable bonds is 12. The van der Waals surface area contributed by atoms with E-state index in [9.17, 15) is 53.1 Å². The van der Waals surface area contributed by atoms with Crippen LogP contribution >= 0.6 is 27.3 Å². The van der Waals surface area contributed by atoms with E-state index in [2.05, 4.69) is 126 Å². The SMILES string of the molecule is Cc1ccc(-c2cc(Br)sc2-c2ccc(F)cc2)cc1.Cc1ccc(C2=C(c3ccc(F)cc3)C(=O)CC2)cc1.Cc1ccc(C2=C(c3ccc(F)cc3)CC3(CC3)C2)cc1.Cc1ccc(C2=C(c3ccc(F)cc3)CCC2)cc1.Cc1ccc(C2=[N+](c3ccc(C)cc3)N=C(C(F)(F)F)C2)cc1.Cc1ccc([N+]2=C(c3ccc(F)cc3)CC(C(F)(F)F)=N2)cc1. The second kappa shape index (κ2) is 39.4. The van der Waals surface area contributed by atoms with Crippen molar-refractivity contribution in [2.24, 2.45) is 15.6 Å². The summed E-state index contributed by atoms with van der Waals surface area (Å²) in [6.45, 7) is 14.1. The lowest BCUT2D eigenvalue weighted by Crippen LogP contribution is -2.23. The molecule has 13 aromatic rings. The normalized spacial score (nSPS) is 15.1. The van der Waals surface area contributed by atoms with Gasteiger partial charge in [0, 0.05) is 68.0 Å². The van der Waals surface area contributed by atoms with Crippen molar-refractivity contribution < 1.29 is 62.5 Å². The average Bonchev–Trinajstić information content (AvgIpc) is 1.58. The summed E-state index contributed by atoms with van der Waals surface area (Å²) in [6.07, 6.45) is 0.235. The molecule has 19 rings (SSSR count). The van der Waals surface area contributed by atoms with Crippen LogP contribution in [-0.2, 0) is 4.79 Å². The molecule has 0 saturated heterocycles. The van der Waals surface area contributed by atoms with Gasteiger partial charge < -0.3 is 0 Å². The van der Waals surface area contributed by atoms with Crippen molar-refractivity contribution in [2.45, 2.75) is 131 Å². The number of halogens is 12. The van der Waals surface area contributed by atoms with Crippen LogP contribution in [0.25, 0.3) is 55.0 Å². The van der Waals surface area contributed by atoms with E-state index in [0.29, 0.717) is 40.2 Å². The van der Waals surface area contributed by atoms with Crippen LogP contribution in [0.4, 0.5) is 59.7 Å². The summed E-state index contributed by atoms with van der Waals surface area (Å²) >= 11 is 5.22. The zero-order valence-corrected chi connectivity index (χ0v) is 73.1. The van der Waals surface area contributed by atoms with Gasteiger partial charge >= 0.3 is 12.4 Å². The largest absolute Gasteiger partial charge is 0.435 e. The maximum absolute atomic E-state index is 13.2. The second-order valence-corrected chi connectivity index (χ2v) is 35.1. The molecular weight excluding hydrogens is 1690 g/mol. The van der Waals surface area contributed by atoms with Crippen molar-refractivity contribution in [3.63, 3.8) is 0 Å². The first-order valence-electron chi connectivity index (χ1n) is 41.8. The summed E-state index contributed by atoms with van der Waals surface area (Å²) in [7, 11) is 0. The molecule has 0 atom stereocenters. The van der Waals surface area contributed by atoms with E-state index in [4.69, 9.17) is 0 Å². The number of alkyl halides is 6. The first-order chi connectivity index (χ1) is 60.4. The van der Waals surface area contributed by atoms with Gasteiger partial charge in [-0.1, -0.05) is 221 Å². The number of thiophene rings is 1. The molecule has 5 nitrogen and oxygen atoms in total. The van der Waals surface area contributed by atoms with Crippen molar-refractivity contribution in [3.05, 3.63) is 414 Å². The Morgan fingerprint density at radius 2 is 0.603 bits per heavy atom. The Bertz CT molecular complexity index is 5990. The van der Waals surface area contributed by atoms with Gasteiger partial charge in [-0.15, -0.1) is 11.3 Å². The molecule has 0 bridgehead atoms. The van der Waals surface area contributed by atoms with Gasteiger partial charge in [-0.3, -0.25) is 4.79 Å². The van der Waals surface area contributed by atoms with Crippen LogP contribution in [0.1, 0.15) is 154 Å². The Hall–Kier alpha value is -12.4. The highest BCUT2D eigenvalue weighted by Gasteiger charge is 2.49. The van der Waals surface area contributed by atoms with Crippen molar-refractivity contribution in [1.29, 1.82) is 0 Å². The molecule has 18 heteroatoms. The number of Topliss-reactive ketones (excluding diaryl/α,β-unsaturated/α-hetero) is 1. The Balaban J connectivity index is 0.000000123. The van der Waals surface area contributed by atoms with Gasteiger partial charge in [-0.2, -0.15) is 26.3 Å². The standard InChI is InChI=1S/C20H19F.C18H16F3N2.C18H15FO.C18H17F.C17H12BrFS.C17H13F4N2/c1-14-2-4-15(5-3-14)18-12-20(10-11-20)13-19(18)16-6-8-17(21)9-7-16;1-12-3-7-14(8-4-12)16-11-17(18(19,20)21)22-23(16)15-9-5-13(2)6-10-15;1-12-2-4-13(5-3-12)16-10-11-17(20)18(16)14-6-8-15(19)9-7-14;1-13-5-7-14(8-6-13)17-3-2-4-18(17)15-9-11-16(19)12-10-15;1-11-2-4-12(5-3-11)15-10-16(18)20-17(15)13-6-8-14(19)9-7-13;1-11-2-8-14(9-3-11)23-15(10-16(22-23)17(19,20)21)12-4-6-13(18)7-5-12/h2-9H,10-13H2,1H3;3-10H,11H2,1-2H3;2-9H,10-11H2,1H3;5-12H,2-4H2,1H3;2-10H,1H3;2-9H,10H2,1H3/q;+1;;;;+1. The van der Waals surface area contributed by atoms with Crippen molar-refractivity contribution >= 4 is 101 Å². The third-order valence-electron chi connectivity index (χ3n) is 23.1. The molecule has 3 heterocycles. The molecule has 6 aliphatic rings. The smallest absolute Gasteiger partial charge is 0.294 e. The number of allylic oxidation sites excluding steroid dienone is 6. The monoisotopic (exact) mass is 1780 g/mol. The lowest BCUT2D eigenvalue weighted by Gasteiger charge is -2.09. The lowest BCUT2D eigenvalue weighted by molar-refractivity contribution is -0.442. The molecule has 126 heavy (non-hydrogen) atoms. The van der Waals surface area contributed by atoms with Crippen LogP contribution < -0.4 is 0 Å². The molecule has 0 N–H and O–H groups in total. The molecular formula is C108H92BrF11N4OS+2. The van der Waals surface area contributed by atoms with Crippen LogP contribution in [0.3, 0.4) is 0 Å². The number of ketones is 1. The second-order valence-electron chi connectivity index (χ2n) is 32.7. The van der Waals surface area contributed by atoms with Gasteiger partial charge in [0.15, 0.2) is 17.2 Å². The minimum absolute atomic E-state index is 0.146. The van der Waals surface area contributed by atoms with Crippen molar-refractivity contribution in [3.8, 4) is 21.6 Å². The molecule has 638 valence electrons. The number of hydrazone groups is 2. The van der Waals surface area contributed by atoms with Gasteiger partial charge in [-0.25, -0.2) is 22.0 Å². The summed E-state index contributed by atoms with van der Waals surface area (Å²) in [5.74, 6) is -1.11. The first-order valence-corrected chi connectivity index (χ1v) is 43.4. The number of hydrogen-bond acceptors (Lipinski definition) is 4. The van der Waals surface area contributed by atoms with Crippen LogP contribution in [-0.4, -0.2) is 50.4 Å². The Kier molecular flexibility index (Phi) is 28.1. The molecule has 1 spiro atoms. The molecule has 0 radical (unpaired) electrons. The van der Waals surface area contributed by atoms with Crippen LogP contribution in [0.15, 0.2) is 311 Å². The number of benzene rings is 12. The number of hydrogen-bond donors (Lipinski definition) is 0. The van der Waals surface area contributed by atoms with E-state index in [1.807, 2.05) is 125 Å². The number of aryl methyl sites for hydroxylation is 7. The molecule has 0 amide bonds. The summed E-state index contributed by atoms with van der Waals surface area (Å²) in [5.41, 5.74) is 28.1. The van der Waals surface area contributed by atoms with E-state index < -0.39 is 29.6 Å². The first kappa shape index (κ1) is 89.9. The molecule has 0 unspecified atom stereocenters. The number of carbonyl (C=O) groups excluding carboxylic acids is 1. The zero-order chi connectivity index (χ0) is 89.1. The van der Waals surface area contributed by atoms with Gasteiger partial charge in [0.25, 0.3) is 0 Å². The third-order valence-corrected chi connectivity index (χ3v) is 24.8. The fourth-order valence-electron chi connectivity index (χ4n) is 15.9. The van der Waals surface area contributed by atoms with Crippen LogP contribution in [0, 0.1) is 83.0 Å². The van der Waals surface area contributed by atoms with Gasteiger partial charge in [0.1, 0.15) is 29.1 Å². The van der Waals surface area contributed by atoms with Gasteiger partial charge in [-0.05, 0) is 294 Å². The van der Waals surface area contributed by atoms with Gasteiger partial charge in [0.2, 0.25) is 22.8 Å². The third kappa shape index (κ3) is 22.6. The van der Waals surface area contributed by atoms with E-state index in [0.717, 1.165) is 90.0 Å². The van der Waals surface area contributed by atoms with Gasteiger partial charge in [0.05, 0.1) is 16.6 Å². The topological polar surface area (TPSA) is 47.8 Å². The highest BCUT2D eigenvalue weighted by Crippen LogP contribution is 2.63. The summed E-state index contributed by atoms with van der Waals surface area (Å²) in [6, 6.07) is 90.2. The molecule has 1 aromatic heterocycles. The van der Waals surface area contributed by atoms with E-state index in [1.165, 1.54) is 156 Å². The fourth-order valence-corrected chi connectivity index (χ4v) is 17.6. The molecule has 1 saturated carbocycles. The summed E-state index contributed by atoms with van der Waals surface area (Å²) in [5, 5.41) is 7.56. The minimum Gasteiger partial charge on any atom is -0.294 e. The number of carbonyl (C=O) groups is 1. The molecule has 12 aromatic carbocycles. The fraction of sp³-hybridized carbons (Fsp3) is 0.194. The maximum atomic E-state index is 13.2. The predicted molar refractivity (Wildman–Crippen MR) is 494 cm³/mol. The van der Waals surface area contributed by atoms with Crippen LogP contribution in [0.5, 0.6) is 0 Å². The maximum Gasteiger partial charge on any atom is 0.435 e. The molecule has 2 aliphatic heterocycles. The predicted octanol–water partition coefficient (Wildman–Crippen LogP) is 30.9. The van der Waals surface area contributed by atoms with E-state index in [1.54, 1.807) is 84.1 Å². The Morgan fingerprint density at radius 1 is 0.325 bits per heavy atom. The van der Waals surface area contributed by atoms with E-state index >= 15 is 0 Å². The molecule has 1 fully saturated rings. The van der Waals surface area contributed by atoms with Crippen molar-refractivity contribution in [2.75, 3.05) is 0 Å². The minimum atomic E-state index is -4.50. The highest BCUT2D eigenvalue weighted by molar-refractivity contribution is 9.11.